The minimum atomic E-state index is -0.0717. The smallest absolute Gasteiger partial charge is 0.225 e. The van der Waals surface area contributed by atoms with Gasteiger partial charge in [-0.2, -0.15) is 0 Å². The summed E-state index contributed by atoms with van der Waals surface area (Å²) in [7, 11) is 3.30. The van der Waals surface area contributed by atoms with Crippen LogP contribution in [0.15, 0.2) is 18.2 Å². The summed E-state index contributed by atoms with van der Waals surface area (Å²) in [6.07, 6.45) is 0.943. The van der Waals surface area contributed by atoms with Crippen molar-refractivity contribution in [3.05, 3.63) is 23.8 Å². The molecule has 2 atom stereocenters. The lowest BCUT2D eigenvalue weighted by atomic mass is 9.87. The van der Waals surface area contributed by atoms with Crippen LogP contribution in [0, 0.1) is 5.92 Å². The highest BCUT2D eigenvalue weighted by Crippen LogP contribution is 2.36. The number of amides is 1. The van der Waals surface area contributed by atoms with Crippen molar-refractivity contribution in [2.24, 2.45) is 5.92 Å². The summed E-state index contributed by atoms with van der Waals surface area (Å²) in [5.74, 6) is 1.73. The molecule has 2 rings (SSSR count). The minimum absolute atomic E-state index is 0.0717. The molecule has 1 aliphatic heterocycles. The van der Waals surface area contributed by atoms with Gasteiger partial charge in [0.25, 0.3) is 0 Å². The molecule has 1 aliphatic rings. The molecule has 2 N–H and O–H groups in total. The Labute approximate surface area is 126 Å². The number of hydrogen-bond acceptors (Lipinski definition) is 4. The summed E-state index contributed by atoms with van der Waals surface area (Å²) in [6.45, 7) is 4.24. The van der Waals surface area contributed by atoms with Gasteiger partial charge < -0.3 is 20.1 Å². The van der Waals surface area contributed by atoms with Crippen LogP contribution in [-0.2, 0) is 4.79 Å². The van der Waals surface area contributed by atoms with Crippen LogP contribution < -0.4 is 20.1 Å². The van der Waals surface area contributed by atoms with E-state index in [2.05, 4.69) is 17.6 Å². The number of carbonyl (C=O) groups excluding carboxylic acids is 1. The second-order valence-corrected chi connectivity index (χ2v) is 5.27. The molecule has 1 heterocycles. The minimum Gasteiger partial charge on any atom is -0.497 e. The van der Waals surface area contributed by atoms with Gasteiger partial charge in [0.15, 0.2) is 0 Å². The number of nitrogens with one attached hydrogen (secondary N) is 2. The fourth-order valence-electron chi connectivity index (χ4n) is 2.79. The average Bonchev–Trinajstić information content (AvgIpc) is 3.01. The third kappa shape index (κ3) is 3.47. The van der Waals surface area contributed by atoms with Gasteiger partial charge in [0.1, 0.15) is 11.5 Å². The first-order valence-corrected chi connectivity index (χ1v) is 7.41. The molecular formula is C16H24N2O3. The molecule has 116 valence electrons. The molecule has 5 nitrogen and oxygen atoms in total. The number of carbonyl (C=O) groups is 1. The molecule has 0 saturated carbocycles. The van der Waals surface area contributed by atoms with Crippen LogP contribution >= 0.6 is 0 Å². The average molecular weight is 292 g/mol. The molecule has 0 bridgehead atoms. The molecule has 1 aromatic rings. The van der Waals surface area contributed by atoms with E-state index in [0.717, 1.165) is 36.6 Å². The van der Waals surface area contributed by atoms with Gasteiger partial charge in [-0.1, -0.05) is 6.92 Å². The van der Waals surface area contributed by atoms with Crippen LogP contribution in [0.4, 0.5) is 0 Å². The molecule has 1 amide bonds. The van der Waals surface area contributed by atoms with Crippen LogP contribution in [0.25, 0.3) is 0 Å². The van der Waals surface area contributed by atoms with Crippen LogP contribution in [0.1, 0.15) is 24.8 Å². The molecule has 0 aliphatic carbocycles. The molecule has 1 aromatic carbocycles. The molecule has 1 fully saturated rings. The van der Waals surface area contributed by atoms with Gasteiger partial charge in [-0.05, 0) is 24.6 Å². The Morgan fingerprint density at radius 1 is 1.33 bits per heavy atom. The van der Waals surface area contributed by atoms with Gasteiger partial charge in [-0.3, -0.25) is 4.79 Å². The zero-order valence-corrected chi connectivity index (χ0v) is 12.9. The lowest BCUT2D eigenvalue weighted by molar-refractivity contribution is -0.124. The lowest BCUT2D eigenvalue weighted by Gasteiger charge is -2.21. The van der Waals surface area contributed by atoms with E-state index in [0.29, 0.717) is 6.54 Å². The molecule has 0 radical (unpaired) electrons. The highest BCUT2D eigenvalue weighted by molar-refractivity contribution is 5.80. The number of rotatable bonds is 6. The normalized spacial score (nSPS) is 21.1. The van der Waals surface area contributed by atoms with Crippen LogP contribution in [0.5, 0.6) is 11.5 Å². The predicted molar refractivity (Wildman–Crippen MR) is 81.9 cm³/mol. The van der Waals surface area contributed by atoms with Gasteiger partial charge >= 0.3 is 0 Å². The topological polar surface area (TPSA) is 59.6 Å². The zero-order chi connectivity index (χ0) is 15.2. The monoisotopic (exact) mass is 292 g/mol. The van der Waals surface area contributed by atoms with Crippen LogP contribution in [0.2, 0.25) is 0 Å². The highest BCUT2D eigenvalue weighted by Gasteiger charge is 2.35. The van der Waals surface area contributed by atoms with E-state index >= 15 is 0 Å². The van der Waals surface area contributed by atoms with Gasteiger partial charge in [0.05, 0.1) is 20.1 Å². The molecule has 5 heteroatoms. The molecule has 2 unspecified atom stereocenters. The maximum absolute atomic E-state index is 12.3. The van der Waals surface area contributed by atoms with Crippen molar-refractivity contribution in [1.82, 2.24) is 10.6 Å². The molecule has 21 heavy (non-hydrogen) atoms. The Bertz CT molecular complexity index is 490. The summed E-state index contributed by atoms with van der Waals surface area (Å²) in [6, 6.07) is 5.74. The third-order valence-electron chi connectivity index (χ3n) is 3.94. The van der Waals surface area contributed by atoms with E-state index in [4.69, 9.17) is 9.47 Å². The van der Waals surface area contributed by atoms with Crippen molar-refractivity contribution < 1.29 is 14.3 Å². The standard InChI is InChI=1S/C16H24N2O3/c1-4-7-18-16(19)14-10-17-9-13(14)12-8-11(20-2)5-6-15(12)21-3/h5-6,8,13-14,17H,4,7,9-10H2,1-3H3,(H,18,19). The molecule has 0 spiro atoms. The molecule has 1 saturated heterocycles. The number of benzene rings is 1. The van der Waals surface area contributed by atoms with Crippen molar-refractivity contribution in [2.45, 2.75) is 19.3 Å². The predicted octanol–water partition coefficient (Wildman–Crippen LogP) is 1.53. The van der Waals surface area contributed by atoms with E-state index in [1.54, 1.807) is 14.2 Å². The first-order chi connectivity index (χ1) is 10.2. The summed E-state index contributed by atoms with van der Waals surface area (Å²) < 4.78 is 10.7. The third-order valence-corrected chi connectivity index (χ3v) is 3.94. The first-order valence-electron chi connectivity index (χ1n) is 7.41. The quantitative estimate of drug-likeness (QED) is 0.835. The second-order valence-electron chi connectivity index (χ2n) is 5.27. The van der Waals surface area contributed by atoms with Gasteiger partial charge in [0, 0.05) is 31.1 Å². The van der Waals surface area contributed by atoms with Crippen LogP contribution in [-0.4, -0.2) is 39.8 Å². The largest absolute Gasteiger partial charge is 0.497 e. The van der Waals surface area contributed by atoms with Gasteiger partial charge in [0.2, 0.25) is 5.91 Å². The van der Waals surface area contributed by atoms with E-state index in [9.17, 15) is 4.79 Å². The Morgan fingerprint density at radius 3 is 2.81 bits per heavy atom. The summed E-state index contributed by atoms with van der Waals surface area (Å²) in [5.41, 5.74) is 1.03. The molecular weight excluding hydrogens is 268 g/mol. The van der Waals surface area contributed by atoms with Crippen molar-refractivity contribution in [3.8, 4) is 11.5 Å². The first kappa shape index (κ1) is 15.6. The maximum Gasteiger partial charge on any atom is 0.225 e. The fourth-order valence-corrected chi connectivity index (χ4v) is 2.79. The Morgan fingerprint density at radius 2 is 2.14 bits per heavy atom. The van der Waals surface area contributed by atoms with Gasteiger partial charge in [-0.15, -0.1) is 0 Å². The van der Waals surface area contributed by atoms with E-state index in [1.165, 1.54) is 0 Å². The summed E-state index contributed by atoms with van der Waals surface area (Å²) in [4.78, 5) is 12.3. The van der Waals surface area contributed by atoms with Crippen molar-refractivity contribution in [1.29, 1.82) is 0 Å². The van der Waals surface area contributed by atoms with E-state index in [1.807, 2.05) is 18.2 Å². The maximum atomic E-state index is 12.3. The van der Waals surface area contributed by atoms with Crippen molar-refractivity contribution in [2.75, 3.05) is 33.9 Å². The fraction of sp³-hybridized carbons (Fsp3) is 0.562. The summed E-state index contributed by atoms with van der Waals surface area (Å²) >= 11 is 0. The highest BCUT2D eigenvalue weighted by atomic mass is 16.5. The van der Waals surface area contributed by atoms with Crippen molar-refractivity contribution in [3.63, 3.8) is 0 Å². The number of hydrogen-bond donors (Lipinski definition) is 2. The number of ether oxygens (including phenoxy) is 2. The van der Waals surface area contributed by atoms with E-state index < -0.39 is 0 Å². The molecule has 0 aromatic heterocycles. The summed E-state index contributed by atoms with van der Waals surface area (Å²) in [5, 5.41) is 6.30. The lowest BCUT2D eigenvalue weighted by Crippen LogP contribution is -2.34. The zero-order valence-electron chi connectivity index (χ0n) is 12.9. The SMILES string of the molecule is CCCNC(=O)C1CNCC1c1cc(OC)ccc1OC. The Hall–Kier alpha value is -1.75. The number of methoxy groups -OCH3 is 2. The Balaban J connectivity index is 2.24. The van der Waals surface area contributed by atoms with Gasteiger partial charge in [-0.25, -0.2) is 0 Å². The van der Waals surface area contributed by atoms with Crippen molar-refractivity contribution >= 4 is 5.91 Å². The second kappa shape index (κ2) is 7.31. The van der Waals surface area contributed by atoms with E-state index in [-0.39, 0.29) is 17.7 Å². The van der Waals surface area contributed by atoms with Crippen LogP contribution in [0.3, 0.4) is 0 Å². The Kier molecular flexibility index (Phi) is 5.44.